The first-order valence-corrected chi connectivity index (χ1v) is 8.46. The topological polar surface area (TPSA) is 75.7 Å². The minimum Gasteiger partial charge on any atom is -0.741 e. The summed E-state index contributed by atoms with van der Waals surface area (Å²) >= 11 is 0. The van der Waals surface area contributed by atoms with Crippen molar-refractivity contribution in [3.8, 4) is 11.5 Å². The molecule has 0 N–H and O–H groups in total. The lowest BCUT2D eigenvalue weighted by atomic mass is 10.3. The molecule has 0 saturated carbocycles. The Bertz CT molecular complexity index is 569. The molecule has 2 rings (SSSR count). The Morgan fingerprint density at radius 2 is 1.70 bits per heavy atom. The summed E-state index contributed by atoms with van der Waals surface area (Å²) in [4.78, 5) is 1.32. The van der Waals surface area contributed by atoms with Crippen LogP contribution in [-0.2, 0) is 21.0 Å². The van der Waals surface area contributed by atoms with E-state index in [0.29, 0.717) is 17.7 Å². The van der Waals surface area contributed by atoms with Crippen LogP contribution in [0.4, 0.5) is 13.2 Å². The van der Waals surface area contributed by atoms with Gasteiger partial charge in [-0.1, -0.05) is 0 Å². The average Bonchev–Trinajstić information content (AvgIpc) is 2.73. The summed E-state index contributed by atoms with van der Waals surface area (Å²) in [7, 11) is -5.80. The quantitative estimate of drug-likeness (QED) is 0.444. The molecule has 1 aliphatic heterocycles. The van der Waals surface area contributed by atoms with Crippen molar-refractivity contribution in [3.05, 3.63) is 18.2 Å². The summed E-state index contributed by atoms with van der Waals surface area (Å²) in [5.74, 6) is 1.75. The Morgan fingerprint density at radius 1 is 1.20 bits per heavy atom. The van der Waals surface area contributed by atoms with Gasteiger partial charge in [0.1, 0.15) is 12.5 Å². The zero-order valence-electron chi connectivity index (χ0n) is 10.4. The van der Waals surface area contributed by atoms with Gasteiger partial charge in [0.2, 0.25) is 6.79 Å². The van der Waals surface area contributed by atoms with Gasteiger partial charge in [0, 0.05) is 17.0 Å². The van der Waals surface area contributed by atoms with Crippen LogP contribution in [0.15, 0.2) is 23.1 Å². The van der Waals surface area contributed by atoms with Crippen molar-refractivity contribution in [1.29, 1.82) is 0 Å². The zero-order valence-corrected chi connectivity index (χ0v) is 12.1. The number of benzene rings is 1. The van der Waals surface area contributed by atoms with Gasteiger partial charge >= 0.3 is 5.51 Å². The lowest BCUT2D eigenvalue weighted by Crippen LogP contribution is -2.21. The predicted molar refractivity (Wildman–Crippen MR) is 65.8 cm³/mol. The molecule has 1 aromatic carbocycles. The number of ether oxygens (including phenoxy) is 2. The molecule has 0 bridgehead atoms. The van der Waals surface area contributed by atoms with Crippen LogP contribution >= 0.6 is 0 Å². The predicted octanol–water partition coefficient (Wildman–Crippen LogP) is 1.70. The van der Waals surface area contributed by atoms with Crippen molar-refractivity contribution in [3.63, 3.8) is 0 Å². The number of rotatable bonds is 1. The number of fused-ring (bicyclic) bond motifs is 1. The van der Waals surface area contributed by atoms with Crippen LogP contribution in [0.2, 0.25) is 0 Å². The first kappa shape index (κ1) is 16.9. The van der Waals surface area contributed by atoms with Crippen LogP contribution in [0.25, 0.3) is 0 Å². The highest BCUT2D eigenvalue weighted by Gasteiger charge is 2.36. The maximum Gasteiger partial charge on any atom is 0.485 e. The van der Waals surface area contributed by atoms with Gasteiger partial charge in [0.25, 0.3) is 0 Å². The number of hydrogen-bond donors (Lipinski definition) is 0. The molecule has 0 saturated heterocycles. The maximum absolute atomic E-state index is 10.7. The van der Waals surface area contributed by atoms with E-state index in [9.17, 15) is 13.2 Å². The second-order valence-corrected chi connectivity index (χ2v) is 7.21. The third-order valence-corrected chi connectivity index (χ3v) is 3.86. The number of hydrogen-bond acceptors (Lipinski definition) is 5. The summed E-state index contributed by atoms with van der Waals surface area (Å²) in [6, 6.07) is 6.13. The van der Waals surface area contributed by atoms with Crippen molar-refractivity contribution in [2.24, 2.45) is 0 Å². The molecule has 0 fully saturated rings. The standard InChI is InChI=1S/C9H11O2S.CHF3O3S/c1-12(2)7-3-4-8-9(5-7)11-6-10-8;2-1(3,4)8(5,6)7/h3-5H,6H2,1-2H3;(H,5,6,7)/q+1;/p-1. The van der Waals surface area contributed by atoms with E-state index >= 15 is 0 Å². The van der Waals surface area contributed by atoms with Crippen molar-refractivity contribution in [2.75, 3.05) is 19.3 Å². The molecular weight excluding hydrogens is 321 g/mol. The molecule has 0 amide bonds. The van der Waals surface area contributed by atoms with Crippen LogP contribution in [0.5, 0.6) is 11.5 Å². The summed E-state index contributed by atoms with van der Waals surface area (Å²) in [6.07, 6.45) is 4.38. The van der Waals surface area contributed by atoms with E-state index < -0.39 is 15.6 Å². The molecule has 0 spiro atoms. The van der Waals surface area contributed by atoms with Gasteiger partial charge in [0.05, 0.1) is 0 Å². The summed E-state index contributed by atoms with van der Waals surface area (Å²) in [6.45, 7) is 0.361. The van der Waals surface area contributed by atoms with E-state index in [2.05, 4.69) is 24.6 Å². The van der Waals surface area contributed by atoms with Crippen LogP contribution in [0.3, 0.4) is 0 Å². The first-order valence-electron chi connectivity index (χ1n) is 5.02. The molecule has 20 heavy (non-hydrogen) atoms. The second kappa shape index (κ2) is 6.10. The Morgan fingerprint density at radius 3 is 2.15 bits per heavy atom. The molecule has 10 heteroatoms. The van der Waals surface area contributed by atoms with Gasteiger partial charge in [-0.2, -0.15) is 13.2 Å². The Balaban J connectivity index is 0.000000221. The minimum atomic E-state index is -6.09. The molecule has 114 valence electrons. The van der Waals surface area contributed by atoms with Crippen molar-refractivity contribution in [2.45, 2.75) is 10.4 Å². The first-order chi connectivity index (χ1) is 9.02. The van der Waals surface area contributed by atoms with Crippen molar-refractivity contribution >= 4 is 21.0 Å². The zero-order chi connectivity index (χ0) is 15.6. The van der Waals surface area contributed by atoms with E-state index in [1.807, 2.05) is 6.07 Å². The van der Waals surface area contributed by atoms with Crippen LogP contribution in [0.1, 0.15) is 0 Å². The lowest BCUT2D eigenvalue weighted by molar-refractivity contribution is -0.0517. The molecule has 0 radical (unpaired) electrons. The van der Waals surface area contributed by atoms with Gasteiger partial charge in [0.15, 0.2) is 26.5 Å². The molecular formula is C10H11F3O5S2. The fourth-order valence-corrected chi connectivity index (χ4v) is 1.81. The highest BCUT2D eigenvalue weighted by Crippen LogP contribution is 2.33. The van der Waals surface area contributed by atoms with Gasteiger partial charge in [-0.05, 0) is 12.1 Å². The highest BCUT2D eigenvalue weighted by atomic mass is 32.2. The van der Waals surface area contributed by atoms with E-state index in [-0.39, 0.29) is 0 Å². The van der Waals surface area contributed by atoms with Crippen LogP contribution in [-0.4, -0.2) is 37.8 Å². The van der Waals surface area contributed by atoms with Crippen molar-refractivity contribution < 1.29 is 35.6 Å². The normalized spacial score (nSPS) is 13.9. The molecule has 1 aliphatic rings. The van der Waals surface area contributed by atoms with E-state index in [0.717, 1.165) is 11.5 Å². The van der Waals surface area contributed by atoms with Gasteiger partial charge < -0.3 is 14.0 Å². The van der Waals surface area contributed by atoms with Crippen LogP contribution < -0.4 is 9.47 Å². The Hall–Kier alpha value is -1.13. The van der Waals surface area contributed by atoms with Crippen LogP contribution in [0, 0.1) is 0 Å². The molecule has 1 aromatic rings. The summed E-state index contributed by atoms with van der Waals surface area (Å²) in [5, 5.41) is 0. The fraction of sp³-hybridized carbons (Fsp3) is 0.400. The lowest BCUT2D eigenvalue weighted by Gasteiger charge is -2.08. The summed E-state index contributed by atoms with van der Waals surface area (Å²) in [5.41, 5.74) is -5.65. The average molecular weight is 332 g/mol. The van der Waals surface area contributed by atoms with Gasteiger partial charge in [-0.3, -0.25) is 0 Å². The largest absolute Gasteiger partial charge is 0.741 e. The van der Waals surface area contributed by atoms with Gasteiger partial charge in [-0.15, -0.1) is 0 Å². The van der Waals surface area contributed by atoms with E-state index in [1.165, 1.54) is 4.90 Å². The SMILES string of the molecule is C[S+](C)c1ccc2c(c1)OCO2.O=S(=O)([O-])C(F)(F)F. The Kier molecular flexibility index (Phi) is 5.16. The molecule has 5 nitrogen and oxygen atoms in total. The molecule has 0 aliphatic carbocycles. The molecule has 1 heterocycles. The fourth-order valence-electron chi connectivity index (χ4n) is 1.13. The van der Waals surface area contributed by atoms with E-state index in [1.54, 1.807) is 0 Å². The number of halogens is 3. The second-order valence-electron chi connectivity index (χ2n) is 3.73. The third kappa shape index (κ3) is 4.46. The maximum atomic E-state index is 10.7. The highest BCUT2D eigenvalue weighted by molar-refractivity contribution is 7.95. The van der Waals surface area contributed by atoms with Gasteiger partial charge in [-0.25, -0.2) is 8.42 Å². The third-order valence-electron chi connectivity index (χ3n) is 2.10. The Labute approximate surface area is 116 Å². The minimum absolute atomic E-state index is 0.293. The molecule has 0 aromatic heterocycles. The van der Waals surface area contributed by atoms with Crippen molar-refractivity contribution in [1.82, 2.24) is 0 Å². The molecule has 0 atom stereocenters. The molecule has 0 unspecified atom stereocenters. The summed E-state index contributed by atoms with van der Waals surface area (Å²) < 4.78 is 69.4. The van der Waals surface area contributed by atoms with E-state index in [4.69, 9.17) is 22.4 Å². The number of alkyl halides is 3. The smallest absolute Gasteiger partial charge is 0.485 e. The monoisotopic (exact) mass is 332 g/mol.